The maximum atomic E-state index is 13.8. The van der Waals surface area contributed by atoms with E-state index in [1.165, 1.54) is 19.2 Å². The first-order valence-electron chi connectivity index (χ1n) is 6.61. The van der Waals surface area contributed by atoms with Crippen molar-refractivity contribution in [3.8, 4) is 5.75 Å². The quantitative estimate of drug-likeness (QED) is 0.762. The van der Waals surface area contributed by atoms with E-state index in [1.807, 2.05) is 0 Å². The lowest BCUT2D eigenvalue weighted by Gasteiger charge is -2.13. The molecule has 2 N–H and O–H groups in total. The lowest BCUT2D eigenvalue weighted by molar-refractivity contribution is 0.0305. The maximum absolute atomic E-state index is 13.8. The second-order valence-electron chi connectivity index (χ2n) is 4.96. The molecule has 1 atom stereocenters. The Hall–Kier alpha value is -1.24. The molecule has 0 amide bonds. The van der Waals surface area contributed by atoms with Crippen molar-refractivity contribution < 1.29 is 23.4 Å². The predicted octanol–water partition coefficient (Wildman–Crippen LogP) is 1.60. The summed E-state index contributed by atoms with van der Waals surface area (Å²) < 4.78 is 37.2. The molecule has 0 bridgehead atoms. The van der Waals surface area contributed by atoms with Crippen LogP contribution in [0.2, 0.25) is 0 Å². The van der Waals surface area contributed by atoms with Gasteiger partial charge in [-0.1, -0.05) is 0 Å². The van der Waals surface area contributed by atoms with Gasteiger partial charge in [0.15, 0.2) is 17.4 Å². The zero-order chi connectivity index (χ0) is 14.5. The van der Waals surface area contributed by atoms with Crippen LogP contribution in [0.4, 0.5) is 8.78 Å². The van der Waals surface area contributed by atoms with E-state index in [1.54, 1.807) is 0 Å². The van der Waals surface area contributed by atoms with Gasteiger partial charge in [0.05, 0.1) is 6.61 Å². The smallest absolute Gasteiger partial charge is 0.190 e. The molecule has 1 aromatic carbocycles. The topological polar surface area (TPSA) is 50.7 Å². The van der Waals surface area contributed by atoms with Crippen molar-refractivity contribution in [3.63, 3.8) is 0 Å². The Morgan fingerprint density at radius 3 is 2.50 bits per heavy atom. The van der Waals surface area contributed by atoms with Crippen LogP contribution in [0.3, 0.4) is 0 Å². The van der Waals surface area contributed by atoms with Crippen LogP contribution in [0.1, 0.15) is 18.4 Å². The van der Waals surface area contributed by atoms with E-state index in [0.717, 1.165) is 12.8 Å². The fourth-order valence-corrected chi connectivity index (χ4v) is 1.82. The first-order valence-corrected chi connectivity index (χ1v) is 6.61. The SMILES string of the molecule is COCC(O)COc1c(F)cc(CNC2CC2)cc1F. The van der Waals surface area contributed by atoms with Crippen molar-refractivity contribution in [3.05, 3.63) is 29.3 Å². The Morgan fingerprint density at radius 1 is 1.30 bits per heavy atom. The molecule has 0 radical (unpaired) electrons. The zero-order valence-electron chi connectivity index (χ0n) is 11.4. The van der Waals surface area contributed by atoms with E-state index in [2.05, 4.69) is 5.32 Å². The van der Waals surface area contributed by atoms with Crippen molar-refractivity contribution in [1.29, 1.82) is 0 Å². The summed E-state index contributed by atoms with van der Waals surface area (Å²) in [7, 11) is 1.42. The molecular weight excluding hydrogens is 268 g/mol. The monoisotopic (exact) mass is 287 g/mol. The first kappa shape index (κ1) is 15.2. The van der Waals surface area contributed by atoms with Gasteiger partial charge in [-0.25, -0.2) is 8.78 Å². The molecule has 1 saturated carbocycles. The van der Waals surface area contributed by atoms with Crippen LogP contribution in [-0.2, 0) is 11.3 Å². The van der Waals surface area contributed by atoms with E-state index in [0.29, 0.717) is 18.2 Å². The summed E-state index contributed by atoms with van der Waals surface area (Å²) in [5.74, 6) is -1.99. The molecule has 0 heterocycles. The predicted molar refractivity (Wildman–Crippen MR) is 69.6 cm³/mol. The normalized spacial score (nSPS) is 16.2. The molecule has 2 rings (SSSR count). The lowest BCUT2D eigenvalue weighted by Crippen LogP contribution is -2.23. The minimum atomic E-state index is -0.921. The van der Waals surface area contributed by atoms with Crippen LogP contribution >= 0.6 is 0 Å². The molecule has 0 saturated heterocycles. The highest BCUT2D eigenvalue weighted by molar-refractivity contribution is 5.31. The molecule has 0 aromatic heterocycles. The third-order valence-electron chi connectivity index (χ3n) is 3.01. The highest BCUT2D eigenvalue weighted by atomic mass is 19.1. The summed E-state index contributed by atoms with van der Waals surface area (Å²) in [5, 5.41) is 12.6. The highest BCUT2D eigenvalue weighted by Gasteiger charge is 2.21. The summed E-state index contributed by atoms with van der Waals surface area (Å²) in [6.07, 6.45) is 1.31. The summed E-state index contributed by atoms with van der Waals surface area (Å²) in [5.41, 5.74) is 0.539. The van der Waals surface area contributed by atoms with E-state index >= 15 is 0 Å². The minimum Gasteiger partial charge on any atom is -0.485 e. The van der Waals surface area contributed by atoms with Gasteiger partial charge in [-0.2, -0.15) is 0 Å². The Bertz CT molecular complexity index is 429. The van der Waals surface area contributed by atoms with Crippen LogP contribution in [0.25, 0.3) is 0 Å². The van der Waals surface area contributed by atoms with Crippen LogP contribution in [0, 0.1) is 11.6 Å². The number of benzene rings is 1. The van der Waals surface area contributed by atoms with Gasteiger partial charge in [0, 0.05) is 19.7 Å². The fourth-order valence-electron chi connectivity index (χ4n) is 1.82. The van der Waals surface area contributed by atoms with Crippen molar-refractivity contribution >= 4 is 0 Å². The standard InChI is InChI=1S/C14H19F2NO3/c1-19-7-11(18)8-20-14-12(15)4-9(5-13(14)16)6-17-10-2-3-10/h4-5,10-11,17-18H,2-3,6-8H2,1H3. The summed E-state index contributed by atoms with van der Waals surface area (Å²) in [4.78, 5) is 0. The zero-order valence-corrected chi connectivity index (χ0v) is 11.4. The van der Waals surface area contributed by atoms with Crippen molar-refractivity contribution in [1.82, 2.24) is 5.32 Å². The first-order chi connectivity index (χ1) is 9.60. The Labute approximate surface area is 116 Å². The van der Waals surface area contributed by atoms with Crippen LogP contribution in [0.5, 0.6) is 5.75 Å². The van der Waals surface area contributed by atoms with Gasteiger partial charge in [-0.3, -0.25) is 0 Å². The molecule has 1 aliphatic rings. The summed E-state index contributed by atoms with van der Waals surface area (Å²) in [6, 6.07) is 2.97. The molecular formula is C14H19F2NO3. The number of hydrogen-bond acceptors (Lipinski definition) is 4. The molecule has 112 valence electrons. The van der Waals surface area contributed by atoms with E-state index in [9.17, 15) is 13.9 Å². The van der Waals surface area contributed by atoms with Gasteiger partial charge < -0.3 is 19.9 Å². The van der Waals surface area contributed by atoms with E-state index < -0.39 is 23.5 Å². The number of nitrogens with one attached hydrogen (secondary N) is 1. The number of aliphatic hydroxyl groups excluding tert-OH is 1. The largest absolute Gasteiger partial charge is 0.485 e. The molecule has 1 unspecified atom stereocenters. The molecule has 20 heavy (non-hydrogen) atoms. The van der Waals surface area contributed by atoms with Gasteiger partial charge >= 0.3 is 0 Å². The molecule has 0 spiro atoms. The third kappa shape index (κ3) is 4.40. The van der Waals surface area contributed by atoms with Gasteiger partial charge in [-0.15, -0.1) is 0 Å². The van der Waals surface area contributed by atoms with E-state index in [4.69, 9.17) is 9.47 Å². The van der Waals surface area contributed by atoms with E-state index in [-0.39, 0.29) is 13.2 Å². The Morgan fingerprint density at radius 2 is 1.95 bits per heavy atom. The van der Waals surface area contributed by atoms with Crippen molar-refractivity contribution in [2.45, 2.75) is 31.5 Å². The second-order valence-corrected chi connectivity index (χ2v) is 4.96. The van der Waals surface area contributed by atoms with Gasteiger partial charge in [-0.05, 0) is 30.5 Å². The van der Waals surface area contributed by atoms with Crippen LogP contribution in [0.15, 0.2) is 12.1 Å². The molecule has 6 heteroatoms. The average Bonchev–Trinajstić information content (AvgIpc) is 3.19. The Kier molecular flexibility index (Phi) is 5.28. The third-order valence-corrected chi connectivity index (χ3v) is 3.01. The van der Waals surface area contributed by atoms with Gasteiger partial charge in [0.2, 0.25) is 0 Å². The van der Waals surface area contributed by atoms with Crippen LogP contribution in [-0.4, -0.2) is 37.6 Å². The maximum Gasteiger partial charge on any atom is 0.190 e. The average molecular weight is 287 g/mol. The fraction of sp³-hybridized carbons (Fsp3) is 0.571. The van der Waals surface area contributed by atoms with Gasteiger partial charge in [0.1, 0.15) is 12.7 Å². The second kappa shape index (κ2) is 6.97. The molecule has 1 aliphatic carbocycles. The molecule has 4 nitrogen and oxygen atoms in total. The Balaban J connectivity index is 1.94. The summed E-state index contributed by atoms with van der Waals surface area (Å²) >= 11 is 0. The van der Waals surface area contributed by atoms with Gasteiger partial charge in [0.25, 0.3) is 0 Å². The summed E-state index contributed by atoms with van der Waals surface area (Å²) in [6.45, 7) is 0.263. The van der Waals surface area contributed by atoms with Crippen molar-refractivity contribution in [2.75, 3.05) is 20.3 Å². The molecule has 1 aromatic rings. The minimum absolute atomic E-state index is 0.0482. The molecule has 0 aliphatic heterocycles. The van der Waals surface area contributed by atoms with Crippen LogP contribution < -0.4 is 10.1 Å². The number of halogens is 2. The number of rotatable bonds is 8. The molecule has 1 fully saturated rings. The number of aliphatic hydroxyl groups is 1. The lowest BCUT2D eigenvalue weighted by atomic mass is 10.2. The highest BCUT2D eigenvalue weighted by Crippen LogP contribution is 2.25. The number of methoxy groups -OCH3 is 1. The number of hydrogen-bond donors (Lipinski definition) is 2. The van der Waals surface area contributed by atoms with Crippen molar-refractivity contribution in [2.24, 2.45) is 0 Å². The number of ether oxygens (including phenoxy) is 2.